The number of sulfonamides is 1. The van der Waals surface area contributed by atoms with Crippen molar-refractivity contribution in [2.75, 3.05) is 11.4 Å². The van der Waals surface area contributed by atoms with Crippen molar-refractivity contribution in [3.05, 3.63) is 59.9 Å². The summed E-state index contributed by atoms with van der Waals surface area (Å²) in [7, 11) is -2.63. The van der Waals surface area contributed by atoms with Gasteiger partial charge in [-0.05, 0) is 24.3 Å². The van der Waals surface area contributed by atoms with Gasteiger partial charge in [0.1, 0.15) is 22.3 Å². The van der Waals surface area contributed by atoms with Gasteiger partial charge in [0, 0.05) is 7.05 Å². The van der Waals surface area contributed by atoms with E-state index in [9.17, 15) is 12.8 Å². The van der Waals surface area contributed by atoms with Gasteiger partial charge in [-0.1, -0.05) is 24.3 Å². The fraction of sp³-hybridized carbons (Fsp3) is 0.0714. The van der Waals surface area contributed by atoms with E-state index >= 15 is 0 Å². The molecule has 0 aliphatic rings. The number of nitrogens with zero attached hydrogens (tertiary/aromatic N) is 2. The Hall–Kier alpha value is -2.39. The van der Waals surface area contributed by atoms with Crippen molar-refractivity contribution in [1.82, 2.24) is 0 Å². The summed E-state index contributed by atoms with van der Waals surface area (Å²) in [5.41, 5.74) is -0.0454. The van der Waals surface area contributed by atoms with Gasteiger partial charge in [-0.15, -0.1) is 0 Å². The lowest BCUT2D eigenvalue weighted by molar-refractivity contribution is 0.588. The minimum Gasteiger partial charge on any atom is -0.269 e. The molecule has 0 aliphatic carbocycles. The first-order valence-electron chi connectivity index (χ1n) is 5.71. The minimum absolute atomic E-state index is 0.341. The molecule has 0 aliphatic heterocycles. The van der Waals surface area contributed by atoms with Crippen LogP contribution in [0.15, 0.2) is 53.4 Å². The zero-order chi connectivity index (χ0) is 14.8. The third-order valence-corrected chi connectivity index (χ3v) is 4.67. The smallest absolute Gasteiger partial charge is 0.265 e. The number of halogens is 1. The summed E-state index contributed by atoms with van der Waals surface area (Å²) in [6.07, 6.45) is 0. The molecule has 0 amide bonds. The second kappa shape index (κ2) is 5.31. The highest BCUT2D eigenvalue weighted by Crippen LogP contribution is 2.25. The lowest BCUT2D eigenvalue weighted by Crippen LogP contribution is -2.27. The standard InChI is InChI=1S/C14H11FN2O2S/c1-17(11-6-3-2-4-7-11)20(18,19)14-9-5-8-13(15)12(14)10-16/h2-9H,1H3. The van der Waals surface area contributed by atoms with E-state index in [0.29, 0.717) is 5.69 Å². The van der Waals surface area contributed by atoms with Gasteiger partial charge in [0.15, 0.2) is 0 Å². The number of para-hydroxylation sites is 1. The SMILES string of the molecule is CN(c1ccccc1)S(=O)(=O)c1cccc(F)c1C#N. The number of rotatable bonds is 3. The molecule has 2 aromatic carbocycles. The van der Waals surface area contributed by atoms with Crippen molar-refractivity contribution >= 4 is 15.7 Å². The first kappa shape index (κ1) is 14.0. The van der Waals surface area contributed by atoms with Crippen LogP contribution in [0.1, 0.15) is 5.56 Å². The number of hydrogen-bond acceptors (Lipinski definition) is 3. The van der Waals surface area contributed by atoms with Crippen LogP contribution in [0.2, 0.25) is 0 Å². The Labute approximate surface area is 116 Å². The molecule has 0 fully saturated rings. The lowest BCUT2D eigenvalue weighted by Gasteiger charge is -2.20. The van der Waals surface area contributed by atoms with Crippen LogP contribution in [0, 0.1) is 17.1 Å². The molecule has 0 saturated heterocycles. The summed E-state index contributed by atoms with van der Waals surface area (Å²) in [6, 6.07) is 13.5. The highest BCUT2D eigenvalue weighted by atomic mass is 32.2. The fourth-order valence-electron chi connectivity index (χ4n) is 1.75. The van der Waals surface area contributed by atoms with Gasteiger partial charge in [-0.3, -0.25) is 4.31 Å². The maximum absolute atomic E-state index is 13.5. The van der Waals surface area contributed by atoms with E-state index in [0.717, 1.165) is 10.4 Å². The van der Waals surface area contributed by atoms with Crippen molar-refractivity contribution < 1.29 is 12.8 Å². The van der Waals surface area contributed by atoms with Crippen LogP contribution in [-0.4, -0.2) is 15.5 Å². The molecule has 20 heavy (non-hydrogen) atoms. The summed E-state index contributed by atoms with van der Waals surface area (Å²) >= 11 is 0. The maximum atomic E-state index is 13.5. The summed E-state index contributed by atoms with van der Waals surface area (Å²) in [6.45, 7) is 0. The second-order valence-electron chi connectivity index (χ2n) is 4.03. The van der Waals surface area contributed by atoms with E-state index in [1.807, 2.05) is 0 Å². The Morgan fingerprint density at radius 2 is 1.75 bits per heavy atom. The Morgan fingerprint density at radius 3 is 2.35 bits per heavy atom. The van der Waals surface area contributed by atoms with Gasteiger partial charge < -0.3 is 0 Å². The number of nitriles is 1. The highest BCUT2D eigenvalue weighted by molar-refractivity contribution is 7.92. The predicted octanol–water partition coefficient (Wildman–Crippen LogP) is 2.52. The molecule has 0 bridgehead atoms. The first-order chi connectivity index (χ1) is 9.48. The Balaban J connectivity index is 2.58. The van der Waals surface area contributed by atoms with Crippen LogP contribution >= 0.6 is 0 Å². The van der Waals surface area contributed by atoms with E-state index in [-0.39, 0.29) is 4.90 Å². The first-order valence-corrected chi connectivity index (χ1v) is 7.15. The molecular formula is C14H11FN2O2S. The summed E-state index contributed by atoms with van der Waals surface area (Å²) in [4.78, 5) is -0.341. The molecule has 0 N–H and O–H groups in total. The van der Waals surface area contributed by atoms with E-state index < -0.39 is 21.4 Å². The molecule has 0 spiro atoms. The van der Waals surface area contributed by atoms with Crippen molar-refractivity contribution in [2.45, 2.75) is 4.90 Å². The van der Waals surface area contributed by atoms with Crippen LogP contribution in [-0.2, 0) is 10.0 Å². The van der Waals surface area contributed by atoms with Crippen LogP contribution in [0.3, 0.4) is 0 Å². The summed E-state index contributed by atoms with van der Waals surface area (Å²) in [5.74, 6) is -0.852. The molecule has 0 saturated carbocycles. The van der Waals surface area contributed by atoms with Crippen LogP contribution < -0.4 is 4.31 Å². The van der Waals surface area contributed by atoms with Crippen molar-refractivity contribution in [3.63, 3.8) is 0 Å². The largest absolute Gasteiger partial charge is 0.269 e. The Morgan fingerprint density at radius 1 is 1.10 bits per heavy atom. The molecule has 2 aromatic rings. The molecule has 0 heterocycles. The third kappa shape index (κ3) is 2.36. The zero-order valence-electron chi connectivity index (χ0n) is 10.6. The number of hydrogen-bond donors (Lipinski definition) is 0. The Kier molecular flexibility index (Phi) is 3.72. The van der Waals surface area contributed by atoms with Crippen molar-refractivity contribution in [3.8, 4) is 6.07 Å². The highest BCUT2D eigenvalue weighted by Gasteiger charge is 2.26. The monoisotopic (exact) mass is 290 g/mol. The van der Waals surface area contributed by atoms with Crippen molar-refractivity contribution in [2.24, 2.45) is 0 Å². The second-order valence-corrected chi connectivity index (χ2v) is 5.97. The number of benzene rings is 2. The average Bonchev–Trinajstić information content (AvgIpc) is 2.47. The van der Waals surface area contributed by atoms with E-state index in [4.69, 9.17) is 5.26 Å². The fourth-order valence-corrected chi connectivity index (χ4v) is 3.10. The third-order valence-electron chi connectivity index (χ3n) is 2.85. The quantitative estimate of drug-likeness (QED) is 0.872. The molecular weight excluding hydrogens is 279 g/mol. The van der Waals surface area contributed by atoms with E-state index in [1.165, 1.54) is 19.2 Å². The normalized spacial score (nSPS) is 10.8. The van der Waals surface area contributed by atoms with Crippen LogP contribution in [0.25, 0.3) is 0 Å². The van der Waals surface area contributed by atoms with Gasteiger partial charge in [-0.2, -0.15) is 5.26 Å². The van der Waals surface area contributed by atoms with Gasteiger partial charge in [0.05, 0.1) is 5.69 Å². The van der Waals surface area contributed by atoms with Gasteiger partial charge in [0.2, 0.25) is 0 Å². The molecule has 0 unspecified atom stereocenters. The zero-order valence-corrected chi connectivity index (χ0v) is 11.4. The van der Waals surface area contributed by atoms with Crippen molar-refractivity contribution in [1.29, 1.82) is 5.26 Å². The predicted molar refractivity (Wildman–Crippen MR) is 73.1 cm³/mol. The molecule has 6 heteroatoms. The molecule has 0 radical (unpaired) electrons. The van der Waals surface area contributed by atoms with E-state index in [2.05, 4.69) is 0 Å². The molecule has 102 valence electrons. The molecule has 0 atom stereocenters. The van der Waals surface area contributed by atoms with Gasteiger partial charge in [0.25, 0.3) is 10.0 Å². The summed E-state index contributed by atoms with van der Waals surface area (Å²) in [5, 5.41) is 8.94. The topological polar surface area (TPSA) is 61.2 Å². The minimum atomic E-state index is -3.99. The van der Waals surface area contributed by atoms with E-state index in [1.54, 1.807) is 36.4 Å². The molecule has 4 nitrogen and oxygen atoms in total. The van der Waals surface area contributed by atoms with Gasteiger partial charge >= 0.3 is 0 Å². The van der Waals surface area contributed by atoms with Crippen LogP contribution in [0.4, 0.5) is 10.1 Å². The number of anilines is 1. The molecule has 2 rings (SSSR count). The maximum Gasteiger partial charge on any atom is 0.265 e. The van der Waals surface area contributed by atoms with Crippen LogP contribution in [0.5, 0.6) is 0 Å². The lowest BCUT2D eigenvalue weighted by atomic mass is 10.2. The van der Waals surface area contributed by atoms with Gasteiger partial charge in [-0.25, -0.2) is 12.8 Å². The molecule has 0 aromatic heterocycles. The summed E-state index contributed by atoms with van der Waals surface area (Å²) < 4.78 is 39.5. The Bertz CT molecular complexity index is 768. The average molecular weight is 290 g/mol.